The summed E-state index contributed by atoms with van der Waals surface area (Å²) in [5.74, 6) is 0.776. The quantitative estimate of drug-likeness (QED) is 0.750. The number of ether oxygens (including phenoxy) is 2. The third kappa shape index (κ3) is 4.56. The summed E-state index contributed by atoms with van der Waals surface area (Å²) in [4.78, 5) is 12.0. The Morgan fingerprint density at radius 3 is 2.12 bits per heavy atom. The number of halogens is 3. The van der Waals surface area contributed by atoms with Gasteiger partial charge in [-0.1, -0.05) is 6.07 Å². The van der Waals surface area contributed by atoms with Crippen molar-refractivity contribution in [2.45, 2.75) is 13.1 Å². The fraction of sp³-hybridized carbons (Fsp3) is 0.211. The Balaban J connectivity index is 2.29. The zero-order valence-corrected chi connectivity index (χ0v) is 14.5. The van der Waals surface area contributed by atoms with Gasteiger partial charge in [-0.05, 0) is 48.9 Å². The van der Waals surface area contributed by atoms with Gasteiger partial charge in [-0.15, -0.1) is 0 Å². The van der Waals surface area contributed by atoms with E-state index in [0.29, 0.717) is 28.3 Å². The van der Waals surface area contributed by atoms with Crippen molar-refractivity contribution in [3.05, 3.63) is 59.8 Å². The lowest BCUT2D eigenvalue weighted by Crippen LogP contribution is -2.05. The van der Waals surface area contributed by atoms with Crippen LogP contribution >= 0.6 is 0 Å². The van der Waals surface area contributed by atoms with E-state index >= 15 is 0 Å². The fourth-order valence-corrected chi connectivity index (χ4v) is 2.30. The van der Waals surface area contributed by atoms with Crippen LogP contribution in [0.2, 0.25) is 0 Å². The molecule has 2 aromatic carbocycles. The summed E-state index contributed by atoms with van der Waals surface area (Å²) < 4.78 is 48.2. The Hall–Kier alpha value is -2.96. The molecule has 0 saturated heterocycles. The zero-order chi connectivity index (χ0) is 19.3. The Kier molecular flexibility index (Phi) is 5.92. The van der Waals surface area contributed by atoms with Crippen LogP contribution in [0.25, 0.3) is 5.57 Å². The molecule has 0 heterocycles. The van der Waals surface area contributed by atoms with Gasteiger partial charge in [0, 0.05) is 17.5 Å². The number of anilines is 1. The third-order valence-electron chi connectivity index (χ3n) is 3.67. The number of allylic oxidation sites excluding steroid dienone is 1. The molecule has 0 fully saturated rings. The smallest absolute Gasteiger partial charge is 0.416 e. The number of ketones is 1. The summed E-state index contributed by atoms with van der Waals surface area (Å²) in [6, 6.07) is 9.56. The van der Waals surface area contributed by atoms with Crippen molar-refractivity contribution in [2.75, 3.05) is 19.5 Å². The lowest BCUT2D eigenvalue weighted by atomic mass is 10.0. The molecule has 0 aliphatic rings. The maximum Gasteiger partial charge on any atom is 0.416 e. The molecule has 2 rings (SSSR count). The minimum atomic E-state index is -4.39. The molecular weight excluding hydrogens is 347 g/mol. The average Bonchev–Trinajstić information content (AvgIpc) is 2.61. The van der Waals surface area contributed by atoms with E-state index in [2.05, 4.69) is 5.32 Å². The first-order chi connectivity index (χ1) is 12.3. The van der Waals surface area contributed by atoms with Crippen LogP contribution in [0.4, 0.5) is 18.9 Å². The summed E-state index contributed by atoms with van der Waals surface area (Å²) in [6.45, 7) is 1.40. The van der Waals surface area contributed by atoms with E-state index in [9.17, 15) is 18.0 Å². The summed E-state index contributed by atoms with van der Waals surface area (Å²) in [5.41, 5.74) is 0.636. The molecule has 0 aromatic heterocycles. The molecular formula is C19H18F3NO3. The largest absolute Gasteiger partial charge is 0.493 e. The van der Waals surface area contributed by atoms with Crippen molar-refractivity contribution in [3.63, 3.8) is 0 Å². The molecule has 7 heteroatoms. The van der Waals surface area contributed by atoms with E-state index < -0.39 is 11.7 Å². The van der Waals surface area contributed by atoms with Gasteiger partial charge < -0.3 is 14.8 Å². The molecule has 2 aromatic rings. The van der Waals surface area contributed by atoms with E-state index in [1.807, 2.05) is 0 Å². The van der Waals surface area contributed by atoms with Gasteiger partial charge in [0.05, 0.1) is 19.8 Å². The van der Waals surface area contributed by atoms with Gasteiger partial charge in [-0.2, -0.15) is 13.2 Å². The van der Waals surface area contributed by atoms with Crippen LogP contribution in [0.15, 0.2) is 48.7 Å². The van der Waals surface area contributed by atoms with Gasteiger partial charge in [0.25, 0.3) is 0 Å². The van der Waals surface area contributed by atoms with Crippen molar-refractivity contribution >= 4 is 17.0 Å². The predicted octanol–water partition coefficient (Wildman–Crippen LogP) is 4.76. The maximum atomic E-state index is 12.6. The summed E-state index contributed by atoms with van der Waals surface area (Å²) in [7, 11) is 2.99. The molecule has 0 radical (unpaired) electrons. The minimum Gasteiger partial charge on any atom is -0.493 e. The highest BCUT2D eigenvalue weighted by Crippen LogP contribution is 2.31. The van der Waals surface area contributed by atoms with E-state index in [0.717, 1.165) is 12.1 Å². The molecule has 1 N–H and O–H groups in total. The van der Waals surface area contributed by atoms with Crippen LogP contribution in [0.1, 0.15) is 18.1 Å². The Morgan fingerprint density at radius 1 is 1.00 bits per heavy atom. The van der Waals surface area contributed by atoms with Gasteiger partial charge >= 0.3 is 6.18 Å². The van der Waals surface area contributed by atoms with Gasteiger partial charge in [0.1, 0.15) is 0 Å². The maximum absolute atomic E-state index is 12.6. The fourth-order valence-electron chi connectivity index (χ4n) is 2.30. The lowest BCUT2D eigenvalue weighted by molar-refractivity contribution is -0.137. The number of hydrogen-bond acceptors (Lipinski definition) is 4. The first kappa shape index (κ1) is 19.4. The Labute approximate surface area is 149 Å². The topological polar surface area (TPSA) is 47.6 Å². The van der Waals surface area contributed by atoms with Gasteiger partial charge in [-0.3, -0.25) is 4.79 Å². The van der Waals surface area contributed by atoms with E-state index in [1.165, 1.54) is 39.5 Å². The summed E-state index contributed by atoms with van der Waals surface area (Å²) >= 11 is 0. The molecule has 0 unspecified atom stereocenters. The van der Waals surface area contributed by atoms with Crippen molar-refractivity contribution in [3.8, 4) is 11.5 Å². The molecule has 0 atom stereocenters. The SMILES string of the molecule is COc1ccc(/C(=C/Nc2ccc(C(F)(F)F)cc2)C(C)=O)cc1OC. The second-order valence-corrected chi connectivity index (χ2v) is 5.40. The molecule has 0 aliphatic carbocycles. The number of carbonyl (C=O) groups excluding carboxylic acids is 1. The van der Waals surface area contributed by atoms with Crippen molar-refractivity contribution in [1.82, 2.24) is 0 Å². The van der Waals surface area contributed by atoms with Crippen LogP contribution in [0.3, 0.4) is 0 Å². The van der Waals surface area contributed by atoms with Gasteiger partial charge in [-0.25, -0.2) is 0 Å². The second kappa shape index (κ2) is 7.95. The van der Waals surface area contributed by atoms with E-state index in [-0.39, 0.29) is 5.78 Å². The highest BCUT2D eigenvalue weighted by molar-refractivity contribution is 6.19. The first-order valence-electron chi connectivity index (χ1n) is 7.63. The normalized spacial score (nSPS) is 11.8. The minimum absolute atomic E-state index is 0.211. The van der Waals surface area contributed by atoms with E-state index in [1.54, 1.807) is 18.2 Å². The number of alkyl halides is 3. The lowest BCUT2D eigenvalue weighted by Gasteiger charge is -2.11. The molecule has 0 saturated carbocycles. The summed E-state index contributed by atoms with van der Waals surface area (Å²) in [6.07, 6.45) is -2.94. The number of benzene rings is 2. The highest BCUT2D eigenvalue weighted by Gasteiger charge is 2.29. The second-order valence-electron chi connectivity index (χ2n) is 5.40. The van der Waals surface area contributed by atoms with Gasteiger partial charge in [0.15, 0.2) is 17.3 Å². The van der Waals surface area contributed by atoms with Crippen molar-refractivity contribution in [1.29, 1.82) is 0 Å². The average molecular weight is 365 g/mol. The van der Waals surface area contributed by atoms with Gasteiger partial charge in [0.2, 0.25) is 0 Å². The van der Waals surface area contributed by atoms with Crippen molar-refractivity contribution in [2.24, 2.45) is 0 Å². The number of carbonyl (C=O) groups is 1. The number of nitrogens with one attached hydrogen (secondary N) is 1. The molecule has 0 spiro atoms. The number of methoxy groups -OCH3 is 2. The van der Waals surface area contributed by atoms with Crippen LogP contribution in [-0.4, -0.2) is 20.0 Å². The molecule has 0 aliphatic heterocycles. The van der Waals surface area contributed by atoms with Crippen LogP contribution in [0.5, 0.6) is 11.5 Å². The molecule has 0 amide bonds. The molecule has 138 valence electrons. The van der Waals surface area contributed by atoms with Crippen LogP contribution in [-0.2, 0) is 11.0 Å². The number of hydrogen-bond donors (Lipinski definition) is 1. The Bertz CT molecular complexity index is 812. The predicted molar refractivity (Wildman–Crippen MR) is 93.3 cm³/mol. The highest BCUT2D eigenvalue weighted by atomic mass is 19.4. The number of rotatable bonds is 6. The number of Topliss-reactive ketones (excluding diaryl/α,β-unsaturated/α-hetero) is 1. The van der Waals surface area contributed by atoms with Crippen LogP contribution in [0, 0.1) is 0 Å². The zero-order valence-electron chi connectivity index (χ0n) is 14.5. The monoisotopic (exact) mass is 365 g/mol. The third-order valence-corrected chi connectivity index (χ3v) is 3.67. The molecule has 26 heavy (non-hydrogen) atoms. The molecule has 4 nitrogen and oxygen atoms in total. The summed E-state index contributed by atoms with van der Waals surface area (Å²) in [5, 5.41) is 2.85. The Morgan fingerprint density at radius 2 is 1.62 bits per heavy atom. The standard InChI is InChI=1S/C19H18F3NO3/c1-12(24)16(13-4-9-17(25-2)18(10-13)26-3)11-23-15-7-5-14(6-8-15)19(20,21)22/h4-11,23H,1-3H3/b16-11+. The van der Waals surface area contributed by atoms with Crippen LogP contribution < -0.4 is 14.8 Å². The molecule has 0 bridgehead atoms. The first-order valence-corrected chi connectivity index (χ1v) is 7.63. The van der Waals surface area contributed by atoms with E-state index in [4.69, 9.17) is 9.47 Å². The van der Waals surface area contributed by atoms with Crippen molar-refractivity contribution < 1.29 is 27.4 Å².